The molecule has 1 aromatic rings. The van der Waals surface area contributed by atoms with Gasteiger partial charge in [-0.3, -0.25) is 4.79 Å². The first-order valence-electron chi connectivity index (χ1n) is 3.40. The number of hydrogen-bond acceptors (Lipinski definition) is 2. The number of Topliss-reactive ketones (excluding diaryl/α,β-unsaturated/α-hetero) is 1. The molecule has 0 bridgehead atoms. The lowest BCUT2D eigenvalue weighted by Gasteiger charge is -2.04. The molecule has 0 radical (unpaired) electrons. The lowest BCUT2D eigenvalue weighted by Crippen LogP contribution is -2.06. The molecule has 0 amide bonds. The van der Waals surface area contributed by atoms with Gasteiger partial charge in [0.15, 0.2) is 5.78 Å². The summed E-state index contributed by atoms with van der Waals surface area (Å²) in [5, 5.41) is 0.132. The van der Waals surface area contributed by atoms with Gasteiger partial charge in [0, 0.05) is 10.0 Å². The highest BCUT2D eigenvalue weighted by molar-refractivity contribution is 9.10. The van der Waals surface area contributed by atoms with Gasteiger partial charge in [-0.2, -0.15) is 0 Å². The molecule has 0 heterocycles. The fraction of sp³-hybridized carbons (Fsp3) is 0.125. The van der Waals surface area contributed by atoms with E-state index in [1.807, 2.05) is 0 Å². The Bertz CT molecular complexity index is 354. The molecule has 0 atom stereocenters. The lowest BCUT2D eigenvalue weighted by molar-refractivity contribution is 0.102. The van der Waals surface area contributed by atoms with Gasteiger partial charge in [-0.25, -0.2) is 4.39 Å². The van der Waals surface area contributed by atoms with E-state index in [0.29, 0.717) is 4.47 Å². The summed E-state index contributed by atoms with van der Waals surface area (Å²) >= 11 is 6.05. The standard InChI is InChI=1S/C8H6Br2FNO/c9-3-7(13)5-1-4(11)2-6(10)8(5)12/h1-2H,3,12H2. The predicted molar refractivity (Wildman–Crippen MR) is 56.6 cm³/mol. The third-order valence-corrected chi connectivity index (χ3v) is 2.68. The van der Waals surface area contributed by atoms with Crippen LogP contribution in [0.4, 0.5) is 10.1 Å². The highest BCUT2D eigenvalue weighted by Gasteiger charge is 2.12. The van der Waals surface area contributed by atoms with Gasteiger partial charge in [0.25, 0.3) is 0 Å². The number of benzene rings is 1. The number of halogens is 3. The Hall–Kier alpha value is -0.420. The van der Waals surface area contributed by atoms with Crippen molar-refractivity contribution < 1.29 is 9.18 Å². The average molecular weight is 311 g/mol. The molecule has 13 heavy (non-hydrogen) atoms. The van der Waals surface area contributed by atoms with Crippen LogP contribution < -0.4 is 5.73 Å². The van der Waals surface area contributed by atoms with Crippen LogP contribution in [0, 0.1) is 5.82 Å². The van der Waals surface area contributed by atoms with Crippen LogP contribution in [0.5, 0.6) is 0 Å². The van der Waals surface area contributed by atoms with Crippen molar-refractivity contribution >= 4 is 43.3 Å². The van der Waals surface area contributed by atoms with E-state index in [2.05, 4.69) is 31.9 Å². The Morgan fingerprint density at radius 2 is 2.15 bits per heavy atom. The smallest absolute Gasteiger partial charge is 0.175 e. The molecule has 0 saturated carbocycles. The van der Waals surface area contributed by atoms with Crippen LogP contribution in [0.15, 0.2) is 16.6 Å². The Morgan fingerprint density at radius 1 is 1.54 bits per heavy atom. The normalized spacial score (nSPS) is 10.1. The first-order valence-corrected chi connectivity index (χ1v) is 5.31. The summed E-state index contributed by atoms with van der Waals surface area (Å²) in [6, 6.07) is 2.35. The van der Waals surface area contributed by atoms with Crippen LogP contribution >= 0.6 is 31.9 Å². The predicted octanol–water partition coefficient (Wildman–Crippen LogP) is 2.75. The van der Waals surface area contributed by atoms with E-state index < -0.39 is 5.82 Å². The van der Waals surface area contributed by atoms with Crippen LogP contribution in [0.25, 0.3) is 0 Å². The molecule has 2 N–H and O–H groups in total. The Kier molecular flexibility index (Phi) is 3.44. The fourth-order valence-corrected chi connectivity index (χ4v) is 1.62. The molecule has 2 nitrogen and oxygen atoms in total. The maximum Gasteiger partial charge on any atom is 0.175 e. The van der Waals surface area contributed by atoms with Crippen LogP contribution in [0.2, 0.25) is 0 Å². The van der Waals surface area contributed by atoms with Gasteiger partial charge in [-0.15, -0.1) is 0 Å². The summed E-state index contributed by atoms with van der Waals surface area (Å²) in [5.74, 6) is -0.719. The second kappa shape index (κ2) is 4.19. The van der Waals surface area contributed by atoms with Crippen LogP contribution in [0.3, 0.4) is 0 Å². The third kappa shape index (κ3) is 2.28. The van der Waals surface area contributed by atoms with Crippen molar-refractivity contribution in [3.8, 4) is 0 Å². The Morgan fingerprint density at radius 3 is 2.69 bits per heavy atom. The highest BCUT2D eigenvalue weighted by atomic mass is 79.9. The zero-order chi connectivity index (χ0) is 10.0. The number of carbonyl (C=O) groups excluding carboxylic acids is 1. The van der Waals surface area contributed by atoms with Crippen molar-refractivity contribution in [2.24, 2.45) is 0 Å². The maximum absolute atomic E-state index is 12.9. The molecule has 0 saturated heterocycles. The maximum atomic E-state index is 12.9. The van der Waals surface area contributed by atoms with Crippen LogP contribution in [-0.2, 0) is 0 Å². The van der Waals surface area contributed by atoms with Crippen molar-refractivity contribution in [3.05, 3.63) is 28.0 Å². The quantitative estimate of drug-likeness (QED) is 0.518. The second-order valence-corrected chi connectivity index (χ2v) is 3.82. The second-order valence-electron chi connectivity index (χ2n) is 2.41. The highest BCUT2D eigenvalue weighted by Crippen LogP contribution is 2.25. The zero-order valence-electron chi connectivity index (χ0n) is 6.48. The van der Waals surface area contributed by atoms with Gasteiger partial charge in [0.05, 0.1) is 11.0 Å². The number of hydrogen-bond donors (Lipinski definition) is 1. The molecule has 0 spiro atoms. The van der Waals surface area contributed by atoms with Gasteiger partial charge < -0.3 is 5.73 Å². The van der Waals surface area contributed by atoms with Gasteiger partial charge in [-0.1, -0.05) is 15.9 Å². The first kappa shape index (κ1) is 10.7. The van der Waals surface area contributed by atoms with Crippen molar-refractivity contribution in [2.75, 3.05) is 11.1 Å². The van der Waals surface area contributed by atoms with Gasteiger partial charge in [0.2, 0.25) is 0 Å². The molecule has 0 aliphatic rings. The molecule has 0 unspecified atom stereocenters. The van der Waals surface area contributed by atoms with Gasteiger partial charge >= 0.3 is 0 Å². The van der Waals surface area contributed by atoms with Crippen molar-refractivity contribution in [2.45, 2.75) is 0 Å². The van der Waals surface area contributed by atoms with Gasteiger partial charge in [0.1, 0.15) is 5.82 Å². The first-order chi connectivity index (χ1) is 6.06. The summed E-state index contributed by atoms with van der Waals surface area (Å²) in [6.45, 7) is 0. The number of anilines is 1. The number of rotatable bonds is 2. The minimum Gasteiger partial charge on any atom is -0.397 e. The largest absolute Gasteiger partial charge is 0.397 e. The molecule has 0 fully saturated rings. The van der Waals surface area contributed by atoms with E-state index in [9.17, 15) is 9.18 Å². The number of ketones is 1. The topological polar surface area (TPSA) is 43.1 Å². The van der Waals surface area contributed by atoms with Crippen LogP contribution in [0.1, 0.15) is 10.4 Å². The summed E-state index contributed by atoms with van der Waals surface area (Å²) in [4.78, 5) is 11.2. The zero-order valence-corrected chi connectivity index (χ0v) is 9.65. The van der Waals surface area contributed by atoms with Crippen LogP contribution in [-0.4, -0.2) is 11.1 Å². The molecular formula is C8H6Br2FNO. The third-order valence-electron chi connectivity index (χ3n) is 1.52. The molecule has 0 aliphatic heterocycles. The molecule has 1 aromatic carbocycles. The Balaban J connectivity index is 3.28. The number of nitrogen functional groups attached to an aromatic ring is 1. The fourth-order valence-electron chi connectivity index (χ4n) is 0.887. The van der Waals surface area contributed by atoms with Crippen molar-refractivity contribution in [3.63, 3.8) is 0 Å². The van der Waals surface area contributed by atoms with E-state index >= 15 is 0 Å². The summed E-state index contributed by atoms with van der Waals surface area (Å²) < 4.78 is 13.3. The van der Waals surface area contributed by atoms with Crippen molar-refractivity contribution in [1.29, 1.82) is 0 Å². The number of nitrogens with two attached hydrogens (primary N) is 1. The molecule has 5 heteroatoms. The van der Waals surface area contributed by atoms with Crippen molar-refractivity contribution in [1.82, 2.24) is 0 Å². The average Bonchev–Trinajstić information content (AvgIpc) is 2.10. The molecule has 1 rings (SSSR count). The molecule has 0 aliphatic carbocycles. The minimum absolute atomic E-state index is 0.132. The summed E-state index contributed by atoms with van der Waals surface area (Å²) in [6.07, 6.45) is 0. The van der Waals surface area contributed by atoms with E-state index in [0.717, 1.165) is 6.07 Å². The van der Waals surface area contributed by atoms with E-state index in [-0.39, 0.29) is 22.4 Å². The molecular weight excluding hydrogens is 305 g/mol. The monoisotopic (exact) mass is 309 g/mol. The number of alkyl halides is 1. The van der Waals surface area contributed by atoms with Gasteiger partial charge in [-0.05, 0) is 28.1 Å². The number of carbonyl (C=O) groups is 1. The minimum atomic E-state index is -0.481. The van der Waals surface area contributed by atoms with E-state index in [1.165, 1.54) is 6.07 Å². The summed E-state index contributed by atoms with van der Waals surface area (Å²) in [5.41, 5.74) is 6.04. The van der Waals surface area contributed by atoms with E-state index in [1.54, 1.807) is 0 Å². The van der Waals surface area contributed by atoms with E-state index in [4.69, 9.17) is 5.73 Å². The SMILES string of the molecule is Nc1c(Br)cc(F)cc1C(=O)CBr. The lowest BCUT2D eigenvalue weighted by atomic mass is 10.1. The Labute approximate surface area is 91.6 Å². The molecule has 0 aromatic heterocycles. The molecule has 70 valence electrons. The summed E-state index contributed by atoms with van der Waals surface area (Å²) in [7, 11) is 0.